The minimum Gasteiger partial charge on any atom is -0.481 e. The van der Waals surface area contributed by atoms with Crippen LogP contribution in [0.25, 0.3) is 0 Å². The van der Waals surface area contributed by atoms with Crippen molar-refractivity contribution in [1.82, 2.24) is 0 Å². The van der Waals surface area contributed by atoms with Crippen molar-refractivity contribution in [3.8, 4) is 0 Å². The topological polar surface area (TPSA) is 37.3 Å². The molecule has 1 fully saturated rings. The molecule has 0 heterocycles. The van der Waals surface area contributed by atoms with E-state index in [9.17, 15) is 4.79 Å². The third-order valence-electron chi connectivity index (χ3n) is 2.65. The van der Waals surface area contributed by atoms with Gasteiger partial charge in [0.1, 0.15) is 0 Å². The van der Waals surface area contributed by atoms with Gasteiger partial charge in [0.25, 0.3) is 0 Å². The number of carboxylic acid groups (broad SMARTS) is 1. The molecule has 0 saturated heterocycles. The Bertz CT molecular complexity index is 170. The first-order chi connectivity index (χ1) is 6.25. The molecule has 0 aromatic rings. The Morgan fingerprint density at radius 2 is 2.08 bits per heavy atom. The van der Waals surface area contributed by atoms with E-state index < -0.39 is 5.97 Å². The SMILES string of the molecule is CCSC1CCCCCC1C(=O)O. The smallest absolute Gasteiger partial charge is 0.307 e. The van der Waals surface area contributed by atoms with E-state index in [4.69, 9.17) is 5.11 Å². The van der Waals surface area contributed by atoms with Crippen LogP contribution in [0.3, 0.4) is 0 Å². The molecule has 2 nitrogen and oxygen atoms in total. The molecule has 0 bridgehead atoms. The van der Waals surface area contributed by atoms with Gasteiger partial charge in [-0.1, -0.05) is 26.2 Å². The normalized spacial score (nSPS) is 29.6. The highest BCUT2D eigenvalue weighted by Crippen LogP contribution is 2.32. The molecule has 1 aliphatic rings. The molecule has 1 N–H and O–H groups in total. The third kappa shape index (κ3) is 3.22. The predicted octanol–water partition coefficient (Wildman–Crippen LogP) is 2.77. The molecule has 0 aromatic carbocycles. The minimum atomic E-state index is -0.590. The highest BCUT2D eigenvalue weighted by Gasteiger charge is 2.28. The molecule has 76 valence electrons. The monoisotopic (exact) mass is 202 g/mol. The van der Waals surface area contributed by atoms with E-state index in [2.05, 4.69) is 6.92 Å². The van der Waals surface area contributed by atoms with Crippen LogP contribution in [0.15, 0.2) is 0 Å². The summed E-state index contributed by atoms with van der Waals surface area (Å²) >= 11 is 1.82. The Kier molecular flexibility index (Phi) is 4.64. The molecule has 1 rings (SSSR count). The molecular formula is C10H18O2S. The van der Waals surface area contributed by atoms with E-state index in [0.29, 0.717) is 5.25 Å². The molecule has 2 unspecified atom stereocenters. The van der Waals surface area contributed by atoms with Crippen molar-refractivity contribution in [3.05, 3.63) is 0 Å². The van der Waals surface area contributed by atoms with E-state index in [1.165, 1.54) is 12.8 Å². The van der Waals surface area contributed by atoms with Gasteiger partial charge in [0.15, 0.2) is 0 Å². The van der Waals surface area contributed by atoms with Gasteiger partial charge >= 0.3 is 5.97 Å². The second-order valence-electron chi connectivity index (χ2n) is 3.58. The van der Waals surface area contributed by atoms with Crippen LogP contribution in [-0.4, -0.2) is 22.1 Å². The number of carbonyl (C=O) groups is 1. The van der Waals surface area contributed by atoms with Gasteiger partial charge < -0.3 is 5.11 Å². The Hall–Kier alpha value is -0.180. The molecule has 1 saturated carbocycles. The Morgan fingerprint density at radius 3 is 2.69 bits per heavy atom. The fourth-order valence-electron chi connectivity index (χ4n) is 1.97. The van der Waals surface area contributed by atoms with Crippen molar-refractivity contribution >= 4 is 17.7 Å². The summed E-state index contributed by atoms with van der Waals surface area (Å²) in [5, 5.41) is 9.41. The molecule has 0 aromatic heterocycles. The zero-order chi connectivity index (χ0) is 9.68. The summed E-state index contributed by atoms with van der Waals surface area (Å²) in [5.74, 6) is 0.356. The lowest BCUT2D eigenvalue weighted by Crippen LogP contribution is -2.24. The van der Waals surface area contributed by atoms with Crippen molar-refractivity contribution in [2.75, 3.05) is 5.75 Å². The minimum absolute atomic E-state index is 0.0903. The van der Waals surface area contributed by atoms with Gasteiger partial charge in [-0.25, -0.2) is 0 Å². The number of rotatable bonds is 3. The van der Waals surface area contributed by atoms with Gasteiger partial charge in [-0.05, 0) is 18.6 Å². The molecule has 3 heteroatoms. The first-order valence-electron chi connectivity index (χ1n) is 5.10. The fraction of sp³-hybridized carbons (Fsp3) is 0.900. The standard InChI is InChI=1S/C10H18O2S/c1-2-13-9-7-5-3-4-6-8(9)10(11)12/h8-9H,2-7H2,1H3,(H,11,12). The molecule has 0 aliphatic heterocycles. The predicted molar refractivity (Wildman–Crippen MR) is 56.1 cm³/mol. The second-order valence-corrected chi connectivity index (χ2v) is 5.09. The molecule has 0 radical (unpaired) electrons. The first-order valence-corrected chi connectivity index (χ1v) is 6.15. The Morgan fingerprint density at radius 1 is 1.38 bits per heavy atom. The van der Waals surface area contributed by atoms with Gasteiger partial charge in [0, 0.05) is 5.25 Å². The Labute approximate surface area is 84.1 Å². The lowest BCUT2D eigenvalue weighted by molar-refractivity contribution is -0.141. The first kappa shape index (κ1) is 10.9. The van der Waals surface area contributed by atoms with Crippen LogP contribution in [0, 0.1) is 5.92 Å². The zero-order valence-corrected chi connectivity index (χ0v) is 8.98. The number of hydrogen-bond acceptors (Lipinski definition) is 2. The summed E-state index contributed by atoms with van der Waals surface area (Å²) in [7, 11) is 0. The van der Waals surface area contributed by atoms with Crippen molar-refractivity contribution < 1.29 is 9.90 Å². The lowest BCUT2D eigenvalue weighted by atomic mass is 10.0. The van der Waals surface area contributed by atoms with Crippen molar-refractivity contribution in [1.29, 1.82) is 0 Å². The Balaban J connectivity index is 2.55. The van der Waals surface area contributed by atoms with E-state index >= 15 is 0 Å². The maximum atomic E-state index is 11.0. The maximum absolute atomic E-state index is 11.0. The molecule has 0 amide bonds. The summed E-state index contributed by atoms with van der Waals surface area (Å²) in [6.07, 6.45) is 5.49. The van der Waals surface area contributed by atoms with E-state index in [-0.39, 0.29) is 5.92 Å². The largest absolute Gasteiger partial charge is 0.481 e. The van der Waals surface area contributed by atoms with Crippen LogP contribution >= 0.6 is 11.8 Å². The third-order valence-corrected chi connectivity index (χ3v) is 3.98. The van der Waals surface area contributed by atoms with Gasteiger partial charge in [0.05, 0.1) is 5.92 Å². The highest BCUT2D eigenvalue weighted by atomic mass is 32.2. The lowest BCUT2D eigenvalue weighted by Gasteiger charge is -2.19. The van der Waals surface area contributed by atoms with Crippen LogP contribution in [-0.2, 0) is 4.79 Å². The average Bonchev–Trinajstić information content (AvgIpc) is 2.30. The van der Waals surface area contributed by atoms with Crippen molar-refractivity contribution in [3.63, 3.8) is 0 Å². The van der Waals surface area contributed by atoms with Gasteiger partial charge in [-0.3, -0.25) is 4.79 Å². The fourth-order valence-corrected chi connectivity index (χ4v) is 3.22. The van der Waals surface area contributed by atoms with Gasteiger partial charge in [-0.2, -0.15) is 11.8 Å². The zero-order valence-electron chi connectivity index (χ0n) is 8.16. The van der Waals surface area contributed by atoms with Gasteiger partial charge in [-0.15, -0.1) is 0 Å². The number of aliphatic carboxylic acids is 1. The van der Waals surface area contributed by atoms with Gasteiger partial charge in [0.2, 0.25) is 0 Å². The maximum Gasteiger partial charge on any atom is 0.307 e. The van der Waals surface area contributed by atoms with Crippen LogP contribution in [0.5, 0.6) is 0 Å². The van der Waals surface area contributed by atoms with E-state index in [0.717, 1.165) is 25.0 Å². The van der Waals surface area contributed by atoms with Crippen LogP contribution in [0.4, 0.5) is 0 Å². The molecule has 0 spiro atoms. The van der Waals surface area contributed by atoms with E-state index in [1.54, 1.807) is 0 Å². The molecular weight excluding hydrogens is 184 g/mol. The number of carboxylic acids is 1. The van der Waals surface area contributed by atoms with Crippen LogP contribution < -0.4 is 0 Å². The summed E-state index contributed by atoms with van der Waals surface area (Å²) in [5.41, 5.74) is 0. The summed E-state index contributed by atoms with van der Waals surface area (Å²) in [6, 6.07) is 0. The quantitative estimate of drug-likeness (QED) is 0.715. The molecule has 13 heavy (non-hydrogen) atoms. The second kappa shape index (κ2) is 5.53. The summed E-state index contributed by atoms with van der Waals surface area (Å²) in [4.78, 5) is 11.0. The number of hydrogen-bond donors (Lipinski definition) is 1. The number of thioether (sulfide) groups is 1. The van der Waals surface area contributed by atoms with Crippen molar-refractivity contribution in [2.45, 2.75) is 44.3 Å². The summed E-state index contributed by atoms with van der Waals surface area (Å²) in [6.45, 7) is 2.11. The van der Waals surface area contributed by atoms with Crippen LogP contribution in [0.1, 0.15) is 39.0 Å². The van der Waals surface area contributed by atoms with E-state index in [1.807, 2.05) is 11.8 Å². The van der Waals surface area contributed by atoms with Crippen molar-refractivity contribution in [2.24, 2.45) is 5.92 Å². The molecule has 1 aliphatic carbocycles. The average molecular weight is 202 g/mol. The van der Waals surface area contributed by atoms with Crippen LogP contribution in [0.2, 0.25) is 0 Å². The summed E-state index contributed by atoms with van der Waals surface area (Å²) < 4.78 is 0. The highest BCUT2D eigenvalue weighted by molar-refractivity contribution is 7.99. The molecule has 2 atom stereocenters.